The summed E-state index contributed by atoms with van der Waals surface area (Å²) >= 11 is 0. The Labute approximate surface area is 149 Å². The average molecular weight is 350 g/mol. The Hall–Kier alpha value is -3.49. The van der Waals surface area contributed by atoms with Crippen LogP contribution >= 0.6 is 0 Å². The maximum absolute atomic E-state index is 12.1. The number of hydrogen-bond donors (Lipinski definition) is 1. The van der Waals surface area contributed by atoms with E-state index in [-0.39, 0.29) is 24.4 Å². The number of fused-ring (bicyclic) bond motifs is 1. The van der Waals surface area contributed by atoms with E-state index < -0.39 is 0 Å². The van der Waals surface area contributed by atoms with Gasteiger partial charge in [-0.3, -0.25) is 19.5 Å². The van der Waals surface area contributed by atoms with E-state index in [9.17, 15) is 4.79 Å². The number of nitrogens with one attached hydrogen (secondary N) is 1. The molecule has 0 aliphatic carbocycles. The van der Waals surface area contributed by atoms with Crippen LogP contribution in [-0.4, -0.2) is 40.1 Å². The molecule has 1 amide bonds. The predicted octanol–water partition coefficient (Wildman–Crippen LogP) is 2.01. The molecular formula is C17H18N8O. The summed E-state index contributed by atoms with van der Waals surface area (Å²) in [6, 6.07) is 7.81. The molecule has 1 N–H and O–H groups in total. The third kappa shape index (κ3) is 3.06. The van der Waals surface area contributed by atoms with E-state index in [0.29, 0.717) is 5.65 Å². The Morgan fingerprint density at radius 1 is 1.19 bits per heavy atom. The molecule has 4 aromatic rings. The number of pyridine rings is 1. The number of amides is 1. The number of hydrogen-bond acceptors (Lipinski definition) is 5. The first kappa shape index (κ1) is 16.0. The van der Waals surface area contributed by atoms with Crippen molar-refractivity contribution in [3.05, 3.63) is 49.1 Å². The fraction of sp³-hybridized carbons (Fsp3) is 0.235. The van der Waals surface area contributed by atoms with E-state index in [1.807, 2.05) is 29.1 Å². The van der Waals surface area contributed by atoms with Gasteiger partial charge in [-0.1, -0.05) is 0 Å². The standard InChI is InChI=1S/C17H18N8O/c1-12(2)25-14(6-8-19-25)13-4-5-15-20-17(22-24(15)10-13)21-16(26)11-23-9-3-7-18-23/h3-10,12H,11H2,1-2H3,(H,21,22,26). The Kier molecular flexibility index (Phi) is 3.96. The van der Waals surface area contributed by atoms with E-state index in [0.717, 1.165) is 11.3 Å². The molecule has 9 nitrogen and oxygen atoms in total. The van der Waals surface area contributed by atoms with Crippen LogP contribution in [0.25, 0.3) is 16.9 Å². The third-order valence-corrected chi connectivity index (χ3v) is 3.90. The van der Waals surface area contributed by atoms with Gasteiger partial charge in [-0.05, 0) is 38.1 Å². The summed E-state index contributed by atoms with van der Waals surface area (Å²) in [6.07, 6.45) is 7.00. The van der Waals surface area contributed by atoms with Crippen LogP contribution < -0.4 is 5.32 Å². The lowest BCUT2D eigenvalue weighted by atomic mass is 10.2. The lowest BCUT2D eigenvalue weighted by Crippen LogP contribution is -2.19. The largest absolute Gasteiger partial charge is 0.292 e. The lowest BCUT2D eigenvalue weighted by molar-refractivity contribution is -0.116. The van der Waals surface area contributed by atoms with Gasteiger partial charge in [0.05, 0.1) is 5.69 Å². The maximum Gasteiger partial charge on any atom is 0.249 e. The van der Waals surface area contributed by atoms with Crippen LogP contribution in [0.4, 0.5) is 5.95 Å². The van der Waals surface area contributed by atoms with Crippen molar-refractivity contribution in [1.29, 1.82) is 0 Å². The quantitative estimate of drug-likeness (QED) is 0.594. The summed E-state index contributed by atoms with van der Waals surface area (Å²) in [5.41, 5.74) is 2.63. The molecule has 0 fully saturated rings. The SMILES string of the molecule is CC(C)n1nccc1-c1ccc2nc(NC(=O)Cn3cccn3)nn2c1. The molecule has 4 aromatic heterocycles. The highest BCUT2D eigenvalue weighted by atomic mass is 16.2. The normalized spacial score (nSPS) is 11.3. The van der Waals surface area contributed by atoms with Crippen molar-refractivity contribution in [3.63, 3.8) is 0 Å². The van der Waals surface area contributed by atoms with Crippen molar-refractivity contribution in [3.8, 4) is 11.3 Å². The van der Waals surface area contributed by atoms with Crippen LogP contribution in [0.2, 0.25) is 0 Å². The van der Waals surface area contributed by atoms with E-state index in [2.05, 4.69) is 39.4 Å². The first-order valence-electron chi connectivity index (χ1n) is 8.28. The van der Waals surface area contributed by atoms with Gasteiger partial charge in [0.15, 0.2) is 5.65 Å². The van der Waals surface area contributed by atoms with E-state index in [1.54, 1.807) is 29.2 Å². The van der Waals surface area contributed by atoms with Gasteiger partial charge in [0, 0.05) is 36.4 Å². The molecule has 9 heteroatoms. The van der Waals surface area contributed by atoms with Gasteiger partial charge in [0.2, 0.25) is 11.9 Å². The number of nitrogens with zero attached hydrogens (tertiary/aromatic N) is 7. The highest BCUT2D eigenvalue weighted by molar-refractivity contribution is 5.88. The molecule has 4 heterocycles. The van der Waals surface area contributed by atoms with Crippen LogP contribution in [0.5, 0.6) is 0 Å². The van der Waals surface area contributed by atoms with Gasteiger partial charge in [-0.25, -0.2) is 4.52 Å². The zero-order chi connectivity index (χ0) is 18.1. The van der Waals surface area contributed by atoms with E-state index >= 15 is 0 Å². The summed E-state index contributed by atoms with van der Waals surface area (Å²) in [5.74, 6) is 0.0272. The molecule has 132 valence electrons. The van der Waals surface area contributed by atoms with Crippen molar-refractivity contribution in [1.82, 2.24) is 34.2 Å². The number of aromatic nitrogens is 7. The van der Waals surface area contributed by atoms with Crippen LogP contribution in [-0.2, 0) is 11.3 Å². The highest BCUT2D eigenvalue weighted by Crippen LogP contribution is 2.22. The molecule has 0 atom stereocenters. The second-order valence-corrected chi connectivity index (χ2v) is 6.16. The summed E-state index contributed by atoms with van der Waals surface area (Å²) in [5, 5.41) is 15.4. The first-order chi connectivity index (χ1) is 12.6. The zero-order valence-corrected chi connectivity index (χ0v) is 14.4. The van der Waals surface area contributed by atoms with Gasteiger partial charge < -0.3 is 0 Å². The average Bonchev–Trinajstić information content (AvgIpc) is 3.33. The lowest BCUT2D eigenvalue weighted by Gasteiger charge is -2.10. The Morgan fingerprint density at radius 3 is 2.85 bits per heavy atom. The molecule has 0 spiro atoms. The topological polar surface area (TPSA) is 94.9 Å². The predicted molar refractivity (Wildman–Crippen MR) is 95.4 cm³/mol. The first-order valence-corrected chi connectivity index (χ1v) is 8.28. The Morgan fingerprint density at radius 2 is 2.08 bits per heavy atom. The maximum atomic E-state index is 12.1. The van der Waals surface area contributed by atoms with Crippen molar-refractivity contribution >= 4 is 17.5 Å². The van der Waals surface area contributed by atoms with Gasteiger partial charge in [0.1, 0.15) is 6.54 Å². The number of carbonyl (C=O) groups excluding carboxylic acids is 1. The number of carbonyl (C=O) groups is 1. The van der Waals surface area contributed by atoms with Crippen LogP contribution in [0.3, 0.4) is 0 Å². The molecule has 0 radical (unpaired) electrons. The monoisotopic (exact) mass is 350 g/mol. The van der Waals surface area contributed by atoms with Gasteiger partial charge in [-0.15, -0.1) is 5.10 Å². The van der Waals surface area contributed by atoms with Gasteiger partial charge in [0.25, 0.3) is 0 Å². The minimum Gasteiger partial charge on any atom is -0.292 e. The molecule has 0 saturated carbocycles. The van der Waals surface area contributed by atoms with Crippen molar-refractivity contribution in [2.24, 2.45) is 0 Å². The Bertz CT molecular complexity index is 1040. The number of anilines is 1. The van der Waals surface area contributed by atoms with Crippen molar-refractivity contribution < 1.29 is 4.79 Å². The van der Waals surface area contributed by atoms with Crippen molar-refractivity contribution in [2.45, 2.75) is 26.4 Å². The third-order valence-electron chi connectivity index (χ3n) is 3.90. The highest BCUT2D eigenvalue weighted by Gasteiger charge is 2.12. The summed E-state index contributed by atoms with van der Waals surface area (Å²) in [6.45, 7) is 4.27. The van der Waals surface area contributed by atoms with E-state index in [1.165, 1.54) is 4.68 Å². The van der Waals surface area contributed by atoms with Gasteiger partial charge in [-0.2, -0.15) is 15.2 Å². The summed E-state index contributed by atoms with van der Waals surface area (Å²) in [4.78, 5) is 16.4. The van der Waals surface area contributed by atoms with Crippen LogP contribution in [0.1, 0.15) is 19.9 Å². The molecule has 0 saturated heterocycles. The molecule has 0 aliphatic heterocycles. The summed E-state index contributed by atoms with van der Waals surface area (Å²) < 4.78 is 5.14. The minimum absolute atomic E-state index is 0.112. The fourth-order valence-electron chi connectivity index (χ4n) is 2.75. The molecule has 26 heavy (non-hydrogen) atoms. The van der Waals surface area contributed by atoms with E-state index in [4.69, 9.17) is 0 Å². The molecule has 4 rings (SSSR count). The fourth-order valence-corrected chi connectivity index (χ4v) is 2.75. The van der Waals surface area contributed by atoms with Gasteiger partial charge >= 0.3 is 0 Å². The molecule has 0 aromatic carbocycles. The Balaban J connectivity index is 1.58. The zero-order valence-electron chi connectivity index (χ0n) is 14.4. The van der Waals surface area contributed by atoms with Crippen molar-refractivity contribution in [2.75, 3.05) is 5.32 Å². The minimum atomic E-state index is -0.234. The second-order valence-electron chi connectivity index (χ2n) is 6.16. The molecule has 0 bridgehead atoms. The smallest absolute Gasteiger partial charge is 0.249 e. The van der Waals surface area contributed by atoms with Crippen LogP contribution in [0.15, 0.2) is 49.1 Å². The summed E-state index contributed by atoms with van der Waals surface area (Å²) in [7, 11) is 0. The molecular weight excluding hydrogens is 332 g/mol. The molecule has 0 unspecified atom stereocenters. The number of rotatable bonds is 5. The van der Waals surface area contributed by atoms with Crippen LogP contribution in [0, 0.1) is 0 Å². The second kappa shape index (κ2) is 6.43. The molecule has 0 aliphatic rings.